The molecule has 1 aliphatic rings. The van der Waals surface area contributed by atoms with Gasteiger partial charge >= 0.3 is 0 Å². The average Bonchev–Trinajstić information content (AvgIpc) is 3.16. The molecule has 0 atom stereocenters. The molecule has 1 aromatic carbocycles. The van der Waals surface area contributed by atoms with E-state index in [1.807, 2.05) is 0 Å². The van der Waals surface area contributed by atoms with E-state index < -0.39 is 0 Å². The summed E-state index contributed by atoms with van der Waals surface area (Å²) in [4.78, 5) is 8.69. The molecule has 0 amide bonds. The number of rotatable bonds is 2. The third-order valence-corrected chi connectivity index (χ3v) is 3.69. The van der Waals surface area contributed by atoms with Crippen molar-refractivity contribution in [2.24, 2.45) is 0 Å². The normalized spacial score (nSPS) is 14.8. The van der Waals surface area contributed by atoms with E-state index in [9.17, 15) is 4.39 Å². The molecule has 2 aromatic rings. The lowest BCUT2D eigenvalue weighted by Gasteiger charge is -2.05. The van der Waals surface area contributed by atoms with E-state index in [4.69, 9.17) is 11.6 Å². The summed E-state index contributed by atoms with van der Waals surface area (Å²) in [7, 11) is 0. The molecule has 0 bridgehead atoms. The topological polar surface area (TPSA) is 25.8 Å². The van der Waals surface area contributed by atoms with Gasteiger partial charge in [0, 0.05) is 17.2 Å². The van der Waals surface area contributed by atoms with Crippen LogP contribution in [0.25, 0.3) is 11.4 Å². The zero-order valence-electron chi connectivity index (χ0n) is 9.33. The highest BCUT2D eigenvalue weighted by atomic mass is 79.9. The van der Waals surface area contributed by atoms with Gasteiger partial charge in [0.15, 0.2) is 5.82 Å². The third kappa shape index (κ3) is 2.40. The Morgan fingerprint density at radius 2 is 2.00 bits per heavy atom. The summed E-state index contributed by atoms with van der Waals surface area (Å²) in [5, 5.41) is 0.433. The Balaban J connectivity index is 2.07. The lowest BCUT2D eigenvalue weighted by Crippen LogP contribution is -1.95. The fourth-order valence-electron chi connectivity index (χ4n) is 1.79. The van der Waals surface area contributed by atoms with Crippen LogP contribution in [0.15, 0.2) is 28.7 Å². The summed E-state index contributed by atoms with van der Waals surface area (Å²) in [6, 6.07) is 6.52. The van der Waals surface area contributed by atoms with Crippen molar-refractivity contribution in [3.8, 4) is 11.4 Å². The van der Waals surface area contributed by atoms with Crippen LogP contribution >= 0.6 is 27.5 Å². The number of hydrogen-bond acceptors (Lipinski definition) is 2. The van der Waals surface area contributed by atoms with Crippen LogP contribution in [-0.4, -0.2) is 9.97 Å². The quantitative estimate of drug-likeness (QED) is 0.755. The zero-order chi connectivity index (χ0) is 12.7. The minimum atomic E-state index is -0.303. The van der Waals surface area contributed by atoms with Crippen molar-refractivity contribution in [1.82, 2.24) is 9.97 Å². The number of nitrogens with zero attached hydrogens (tertiary/aromatic N) is 2. The minimum absolute atomic E-state index is 0.303. The van der Waals surface area contributed by atoms with Crippen molar-refractivity contribution in [3.63, 3.8) is 0 Å². The first kappa shape index (κ1) is 12.1. The molecule has 1 aromatic heterocycles. The van der Waals surface area contributed by atoms with Gasteiger partial charge in [-0.25, -0.2) is 14.4 Å². The maximum absolute atomic E-state index is 13.2. The smallest absolute Gasteiger partial charge is 0.161 e. The molecule has 0 radical (unpaired) electrons. The van der Waals surface area contributed by atoms with Crippen LogP contribution in [0.4, 0.5) is 4.39 Å². The highest BCUT2D eigenvalue weighted by Crippen LogP contribution is 2.40. The molecule has 0 unspecified atom stereocenters. The number of hydrogen-bond donors (Lipinski definition) is 0. The van der Waals surface area contributed by atoms with Crippen LogP contribution < -0.4 is 0 Å². The number of halogens is 3. The van der Waals surface area contributed by atoms with Gasteiger partial charge in [0.05, 0.1) is 4.47 Å². The molecule has 1 fully saturated rings. The lowest BCUT2D eigenvalue weighted by atomic mass is 10.2. The van der Waals surface area contributed by atoms with E-state index >= 15 is 0 Å². The summed E-state index contributed by atoms with van der Waals surface area (Å²) < 4.78 is 13.6. The van der Waals surface area contributed by atoms with E-state index in [0.717, 1.165) is 24.1 Å². The lowest BCUT2D eigenvalue weighted by molar-refractivity contribution is 0.621. The molecule has 1 saturated carbocycles. The van der Waals surface area contributed by atoms with Crippen molar-refractivity contribution in [1.29, 1.82) is 0 Å². The summed E-state index contributed by atoms with van der Waals surface area (Å²) >= 11 is 9.16. The van der Waals surface area contributed by atoms with Crippen molar-refractivity contribution in [2.75, 3.05) is 0 Å². The molecule has 0 N–H and O–H groups in total. The highest BCUT2D eigenvalue weighted by Gasteiger charge is 2.26. The van der Waals surface area contributed by atoms with Crippen molar-refractivity contribution < 1.29 is 4.39 Å². The Bertz CT molecular complexity index is 614. The summed E-state index contributed by atoms with van der Waals surface area (Å²) in [6.45, 7) is 0. The Labute approximate surface area is 117 Å². The Morgan fingerprint density at radius 3 is 2.67 bits per heavy atom. The van der Waals surface area contributed by atoms with Gasteiger partial charge in [0.2, 0.25) is 0 Å². The standard InChI is InChI=1S/C13H9BrClFN2/c14-9-5-8(3-4-10(9)16)13-17-11(7-1-2-7)6-12(15)18-13/h3-7H,1-2H2. The largest absolute Gasteiger partial charge is 0.233 e. The van der Waals surface area contributed by atoms with E-state index in [0.29, 0.717) is 21.4 Å². The third-order valence-electron chi connectivity index (χ3n) is 2.89. The van der Waals surface area contributed by atoms with Crippen LogP contribution in [0.1, 0.15) is 24.5 Å². The van der Waals surface area contributed by atoms with Crippen LogP contribution in [0.2, 0.25) is 5.15 Å². The molecule has 2 nitrogen and oxygen atoms in total. The van der Waals surface area contributed by atoms with Crippen molar-refractivity contribution in [3.05, 3.63) is 45.4 Å². The van der Waals surface area contributed by atoms with Gasteiger partial charge in [0.25, 0.3) is 0 Å². The molecule has 0 aliphatic heterocycles. The fraction of sp³-hybridized carbons (Fsp3) is 0.231. The van der Waals surface area contributed by atoms with Crippen LogP contribution in [-0.2, 0) is 0 Å². The maximum Gasteiger partial charge on any atom is 0.161 e. The molecular weight excluding hydrogens is 319 g/mol. The fourth-order valence-corrected chi connectivity index (χ4v) is 2.36. The van der Waals surface area contributed by atoms with E-state index in [2.05, 4.69) is 25.9 Å². The summed E-state index contributed by atoms with van der Waals surface area (Å²) in [6.07, 6.45) is 2.31. The molecule has 0 spiro atoms. The predicted molar refractivity (Wildman–Crippen MR) is 72.1 cm³/mol. The zero-order valence-corrected chi connectivity index (χ0v) is 11.7. The summed E-state index contributed by atoms with van der Waals surface area (Å²) in [5.74, 6) is 0.751. The molecule has 92 valence electrons. The first-order valence-electron chi connectivity index (χ1n) is 5.63. The van der Waals surface area contributed by atoms with E-state index in [1.165, 1.54) is 6.07 Å². The van der Waals surface area contributed by atoms with Gasteiger partial charge in [-0.05, 0) is 53.0 Å². The van der Waals surface area contributed by atoms with Crippen LogP contribution in [0, 0.1) is 5.82 Å². The number of benzene rings is 1. The number of aromatic nitrogens is 2. The Hall–Kier alpha value is -1.00. The van der Waals surface area contributed by atoms with Crippen LogP contribution in [0.3, 0.4) is 0 Å². The molecule has 5 heteroatoms. The SMILES string of the molecule is Fc1ccc(-c2nc(Cl)cc(C3CC3)n2)cc1Br. The second-order valence-electron chi connectivity index (χ2n) is 4.34. The van der Waals surface area contributed by atoms with Gasteiger partial charge in [-0.15, -0.1) is 0 Å². The second-order valence-corrected chi connectivity index (χ2v) is 5.58. The first-order valence-corrected chi connectivity index (χ1v) is 6.80. The predicted octanol–water partition coefficient (Wildman–Crippen LogP) is 4.58. The van der Waals surface area contributed by atoms with E-state index in [1.54, 1.807) is 18.2 Å². The van der Waals surface area contributed by atoms with Gasteiger partial charge in [-0.1, -0.05) is 11.6 Å². The van der Waals surface area contributed by atoms with Gasteiger partial charge < -0.3 is 0 Å². The molecule has 18 heavy (non-hydrogen) atoms. The molecule has 1 aliphatic carbocycles. The molecule has 3 rings (SSSR count). The molecule has 0 saturated heterocycles. The average molecular weight is 328 g/mol. The second kappa shape index (κ2) is 4.59. The van der Waals surface area contributed by atoms with Crippen molar-refractivity contribution >= 4 is 27.5 Å². The van der Waals surface area contributed by atoms with Gasteiger partial charge in [-0.2, -0.15) is 0 Å². The van der Waals surface area contributed by atoms with Crippen molar-refractivity contribution in [2.45, 2.75) is 18.8 Å². The molecule has 1 heterocycles. The minimum Gasteiger partial charge on any atom is -0.233 e. The van der Waals surface area contributed by atoms with Crippen LogP contribution in [0.5, 0.6) is 0 Å². The Morgan fingerprint density at radius 1 is 1.22 bits per heavy atom. The molecular formula is C13H9BrClFN2. The maximum atomic E-state index is 13.2. The first-order chi connectivity index (χ1) is 8.63. The van der Waals surface area contributed by atoms with Gasteiger partial charge in [-0.3, -0.25) is 0 Å². The van der Waals surface area contributed by atoms with E-state index in [-0.39, 0.29) is 5.82 Å². The Kier molecular flexibility index (Phi) is 3.08. The van der Waals surface area contributed by atoms with Gasteiger partial charge in [0.1, 0.15) is 11.0 Å². The summed E-state index contributed by atoms with van der Waals surface area (Å²) in [5.41, 5.74) is 1.73. The highest BCUT2D eigenvalue weighted by molar-refractivity contribution is 9.10. The monoisotopic (exact) mass is 326 g/mol.